The predicted molar refractivity (Wildman–Crippen MR) is 75.5 cm³/mol. The molecule has 1 aromatic carbocycles. The Morgan fingerprint density at radius 3 is 2.78 bits per heavy atom. The first-order valence-electron chi connectivity index (χ1n) is 6.35. The van der Waals surface area contributed by atoms with E-state index in [0.29, 0.717) is 17.6 Å². The summed E-state index contributed by atoms with van der Waals surface area (Å²) in [6.07, 6.45) is 1.07. The average molecular weight is 273 g/mol. The fourth-order valence-electron chi connectivity index (χ4n) is 1.61. The van der Waals surface area contributed by atoms with Gasteiger partial charge in [0.05, 0.1) is 0 Å². The normalized spacial score (nSPS) is 11.5. The van der Waals surface area contributed by atoms with Crippen molar-refractivity contribution < 1.29 is 4.39 Å². The summed E-state index contributed by atoms with van der Waals surface area (Å²) in [7, 11) is 2.12. The Kier molecular flexibility index (Phi) is 6.61. The second kappa shape index (κ2) is 7.72. The van der Waals surface area contributed by atoms with Crippen LogP contribution in [-0.4, -0.2) is 31.1 Å². The molecule has 0 aromatic heterocycles. The highest BCUT2D eigenvalue weighted by Crippen LogP contribution is 2.16. The van der Waals surface area contributed by atoms with Gasteiger partial charge in [0.2, 0.25) is 0 Å². The van der Waals surface area contributed by atoms with Gasteiger partial charge in [-0.25, -0.2) is 4.39 Å². The van der Waals surface area contributed by atoms with Gasteiger partial charge < -0.3 is 10.2 Å². The molecule has 0 amide bonds. The molecule has 0 saturated heterocycles. The standard InChI is InChI=1S/C14H22ClFN2/c1-11(2)18(3)8-4-7-17-10-12-9-13(16)5-6-14(12)15/h5-6,9,11,17H,4,7-8,10H2,1-3H3. The van der Waals surface area contributed by atoms with Gasteiger partial charge >= 0.3 is 0 Å². The molecule has 0 fully saturated rings. The molecule has 102 valence electrons. The van der Waals surface area contributed by atoms with Crippen LogP contribution in [-0.2, 0) is 6.54 Å². The van der Waals surface area contributed by atoms with Crippen LogP contribution in [0.4, 0.5) is 4.39 Å². The Morgan fingerprint density at radius 2 is 2.11 bits per heavy atom. The van der Waals surface area contributed by atoms with E-state index in [0.717, 1.165) is 25.1 Å². The Hall–Kier alpha value is -0.640. The highest BCUT2D eigenvalue weighted by Gasteiger charge is 2.03. The van der Waals surface area contributed by atoms with Gasteiger partial charge in [0.15, 0.2) is 0 Å². The highest BCUT2D eigenvalue weighted by atomic mass is 35.5. The summed E-state index contributed by atoms with van der Waals surface area (Å²) in [5.74, 6) is -0.240. The van der Waals surface area contributed by atoms with Crippen LogP contribution < -0.4 is 5.32 Å². The maximum Gasteiger partial charge on any atom is 0.123 e. The van der Waals surface area contributed by atoms with Crippen LogP contribution in [0.25, 0.3) is 0 Å². The maximum absolute atomic E-state index is 13.0. The summed E-state index contributed by atoms with van der Waals surface area (Å²) in [5, 5.41) is 3.90. The molecule has 0 bridgehead atoms. The molecular formula is C14H22ClFN2. The van der Waals surface area contributed by atoms with E-state index in [2.05, 4.69) is 31.1 Å². The number of benzene rings is 1. The van der Waals surface area contributed by atoms with E-state index in [4.69, 9.17) is 11.6 Å². The number of nitrogens with zero attached hydrogens (tertiary/aromatic N) is 1. The monoisotopic (exact) mass is 272 g/mol. The fraction of sp³-hybridized carbons (Fsp3) is 0.571. The lowest BCUT2D eigenvalue weighted by Gasteiger charge is -2.20. The van der Waals surface area contributed by atoms with E-state index in [9.17, 15) is 4.39 Å². The van der Waals surface area contributed by atoms with Crippen LogP contribution in [0.1, 0.15) is 25.8 Å². The summed E-state index contributed by atoms with van der Waals surface area (Å²) >= 11 is 5.99. The molecule has 1 aromatic rings. The molecule has 1 rings (SSSR count). The van der Waals surface area contributed by atoms with Crippen molar-refractivity contribution in [3.8, 4) is 0 Å². The Labute approximate surface area is 114 Å². The summed E-state index contributed by atoms with van der Waals surface area (Å²) < 4.78 is 13.0. The van der Waals surface area contributed by atoms with E-state index in [1.165, 1.54) is 12.1 Å². The Balaban J connectivity index is 2.24. The fourth-order valence-corrected chi connectivity index (χ4v) is 1.80. The van der Waals surface area contributed by atoms with Crippen LogP contribution in [0.3, 0.4) is 0 Å². The zero-order valence-electron chi connectivity index (χ0n) is 11.3. The van der Waals surface area contributed by atoms with Gasteiger partial charge in [0.1, 0.15) is 5.82 Å². The van der Waals surface area contributed by atoms with Gasteiger partial charge in [0, 0.05) is 17.6 Å². The van der Waals surface area contributed by atoms with Gasteiger partial charge in [-0.2, -0.15) is 0 Å². The smallest absolute Gasteiger partial charge is 0.123 e. The minimum Gasteiger partial charge on any atom is -0.313 e. The number of hydrogen-bond donors (Lipinski definition) is 1. The van der Waals surface area contributed by atoms with Crippen molar-refractivity contribution in [3.63, 3.8) is 0 Å². The quantitative estimate of drug-likeness (QED) is 0.766. The molecule has 18 heavy (non-hydrogen) atoms. The van der Waals surface area contributed by atoms with Crippen molar-refractivity contribution in [2.75, 3.05) is 20.1 Å². The van der Waals surface area contributed by atoms with Crippen molar-refractivity contribution in [2.45, 2.75) is 32.9 Å². The summed E-state index contributed by atoms with van der Waals surface area (Å²) in [6, 6.07) is 5.03. The SMILES string of the molecule is CC(C)N(C)CCCNCc1cc(F)ccc1Cl. The molecule has 0 unspecified atom stereocenters. The van der Waals surface area contributed by atoms with Crippen LogP contribution in [0.2, 0.25) is 5.02 Å². The third-order valence-electron chi connectivity index (χ3n) is 3.07. The molecule has 1 N–H and O–H groups in total. The molecule has 2 nitrogen and oxygen atoms in total. The number of nitrogens with one attached hydrogen (secondary N) is 1. The Morgan fingerprint density at radius 1 is 1.39 bits per heavy atom. The second-order valence-electron chi connectivity index (χ2n) is 4.84. The molecule has 0 atom stereocenters. The molecule has 4 heteroatoms. The maximum atomic E-state index is 13.0. The minimum absolute atomic E-state index is 0.240. The first-order valence-corrected chi connectivity index (χ1v) is 6.73. The largest absolute Gasteiger partial charge is 0.313 e. The number of halogens is 2. The van der Waals surface area contributed by atoms with E-state index in [1.807, 2.05) is 0 Å². The van der Waals surface area contributed by atoms with E-state index < -0.39 is 0 Å². The minimum atomic E-state index is -0.240. The van der Waals surface area contributed by atoms with Crippen molar-refractivity contribution >= 4 is 11.6 Å². The Bertz CT molecular complexity index is 369. The average Bonchev–Trinajstić information content (AvgIpc) is 2.32. The molecule has 0 spiro atoms. The van der Waals surface area contributed by atoms with Crippen molar-refractivity contribution in [1.82, 2.24) is 10.2 Å². The van der Waals surface area contributed by atoms with Crippen molar-refractivity contribution in [3.05, 3.63) is 34.6 Å². The van der Waals surface area contributed by atoms with Gasteiger partial charge in [0.25, 0.3) is 0 Å². The summed E-state index contributed by atoms with van der Waals surface area (Å²) in [6.45, 7) is 6.94. The van der Waals surface area contributed by atoms with E-state index >= 15 is 0 Å². The summed E-state index contributed by atoms with van der Waals surface area (Å²) in [5.41, 5.74) is 0.814. The van der Waals surface area contributed by atoms with Crippen molar-refractivity contribution in [2.24, 2.45) is 0 Å². The van der Waals surface area contributed by atoms with Gasteiger partial charge in [-0.1, -0.05) is 11.6 Å². The van der Waals surface area contributed by atoms with Crippen molar-refractivity contribution in [1.29, 1.82) is 0 Å². The molecule has 0 heterocycles. The lowest BCUT2D eigenvalue weighted by atomic mass is 10.2. The van der Waals surface area contributed by atoms with E-state index in [-0.39, 0.29) is 5.82 Å². The second-order valence-corrected chi connectivity index (χ2v) is 5.25. The first kappa shape index (κ1) is 15.4. The topological polar surface area (TPSA) is 15.3 Å². The van der Waals surface area contributed by atoms with Crippen LogP contribution in [0.15, 0.2) is 18.2 Å². The van der Waals surface area contributed by atoms with Crippen LogP contribution >= 0.6 is 11.6 Å². The van der Waals surface area contributed by atoms with Gasteiger partial charge in [-0.15, -0.1) is 0 Å². The van der Waals surface area contributed by atoms with Crippen LogP contribution in [0.5, 0.6) is 0 Å². The molecule has 0 aliphatic rings. The third-order valence-corrected chi connectivity index (χ3v) is 3.44. The molecular weight excluding hydrogens is 251 g/mol. The summed E-state index contributed by atoms with van der Waals surface area (Å²) in [4.78, 5) is 2.30. The third kappa shape index (κ3) is 5.34. The lowest BCUT2D eigenvalue weighted by Crippen LogP contribution is -2.29. The number of hydrogen-bond acceptors (Lipinski definition) is 2. The molecule has 0 radical (unpaired) electrons. The zero-order chi connectivity index (χ0) is 13.5. The van der Waals surface area contributed by atoms with E-state index in [1.54, 1.807) is 6.07 Å². The van der Waals surface area contributed by atoms with Gasteiger partial charge in [-0.05, 0) is 64.2 Å². The molecule has 0 aliphatic carbocycles. The number of rotatable bonds is 7. The highest BCUT2D eigenvalue weighted by molar-refractivity contribution is 6.31. The molecule has 0 saturated carbocycles. The first-order chi connectivity index (χ1) is 8.50. The predicted octanol–water partition coefficient (Wildman–Crippen LogP) is 3.30. The van der Waals surface area contributed by atoms with Crippen LogP contribution in [0, 0.1) is 5.82 Å². The van der Waals surface area contributed by atoms with Gasteiger partial charge in [-0.3, -0.25) is 0 Å². The molecule has 0 aliphatic heterocycles. The zero-order valence-corrected chi connectivity index (χ0v) is 12.1. The lowest BCUT2D eigenvalue weighted by molar-refractivity contribution is 0.269.